The third kappa shape index (κ3) is 5.80. The van der Waals surface area contributed by atoms with Gasteiger partial charge >= 0.3 is 0 Å². The van der Waals surface area contributed by atoms with Crippen molar-refractivity contribution in [2.24, 2.45) is 0 Å². The third-order valence-electron chi connectivity index (χ3n) is 3.39. The molecule has 0 saturated carbocycles. The molecule has 2 aromatic rings. The maximum absolute atomic E-state index is 10.0. The Morgan fingerprint density at radius 2 is 1.62 bits per heavy atom. The van der Waals surface area contributed by atoms with Gasteiger partial charge in [-0.1, -0.05) is 84.5 Å². The van der Waals surface area contributed by atoms with Gasteiger partial charge in [0.15, 0.2) is 0 Å². The molecule has 0 aliphatic heterocycles. The minimum Gasteiger partial charge on any atom is -0.385 e. The van der Waals surface area contributed by atoms with Crippen molar-refractivity contribution in [3.05, 3.63) is 89.5 Å². The van der Waals surface area contributed by atoms with Gasteiger partial charge in [0.1, 0.15) is 0 Å². The van der Waals surface area contributed by atoms with Gasteiger partial charge in [-0.15, -0.1) is 0 Å². The monoisotopic (exact) mass is 278 g/mol. The van der Waals surface area contributed by atoms with Gasteiger partial charge < -0.3 is 5.11 Å². The van der Waals surface area contributed by atoms with Gasteiger partial charge in [0, 0.05) is 0 Å². The fraction of sp³-hybridized carbons (Fsp3) is 0.200. The minimum absolute atomic E-state index is 0.527. The van der Waals surface area contributed by atoms with Crippen LogP contribution in [0.5, 0.6) is 0 Å². The van der Waals surface area contributed by atoms with E-state index >= 15 is 0 Å². The Hall–Kier alpha value is -2.12. The van der Waals surface area contributed by atoms with Crippen LogP contribution in [0.15, 0.2) is 78.4 Å². The molecule has 0 aliphatic rings. The molecule has 2 rings (SSSR count). The van der Waals surface area contributed by atoms with Crippen LogP contribution in [0.2, 0.25) is 0 Å². The number of rotatable bonds is 6. The third-order valence-corrected chi connectivity index (χ3v) is 3.39. The van der Waals surface area contributed by atoms with Gasteiger partial charge in [-0.2, -0.15) is 0 Å². The summed E-state index contributed by atoms with van der Waals surface area (Å²) in [4.78, 5) is 0. The van der Waals surface area contributed by atoms with Crippen molar-refractivity contribution < 1.29 is 5.11 Å². The molecule has 2 aromatic carbocycles. The molecule has 0 radical (unpaired) electrons. The number of aliphatic hydroxyl groups is 1. The zero-order valence-corrected chi connectivity index (χ0v) is 12.4. The zero-order chi connectivity index (χ0) is 14.9. The molecule has 108 valence electrons. The van der Waals surface area contributed by atoms with E-state index in [1.54, 1.807) is 0 Å². The first kappa shape index (κ1) is 15.3. The summed E-state index contributed by atoms with van der Waals surface area (Å²) in [5.74, 6) is 0. The first-order valence-corrected chi connectivity index (χ1v) is 7.36. The summed E-state index contributed by atoms with van der Waals surface area (Å²) in [6.45, 7) is 2.07. The molecular formula is C20H22O. The number of aryl methyl sites for hydroxylation is 1. The Balaban J connectivity index is 1.85. The molecule has 0 heterocycles. The Morgan fingerprint density at radius 1 is 1.00 bits per heavy atom. The minimum atomic E-state index is -0.527. The Labute approximate surface area is 127 Å². The lowest BCUT2D eigenvalue weighted by Gasteiger charge is -2.05. The maximum atomic E-state index is 10.0. The number of benzene rings is 2. The number of aliphatic hydroxyl groups excluding tert-OH is 1. The Bertz CT molecular complexity index is 582. The molecule has 0 fully saturated rings. The second-order valence-corrected chi connectivity index (χ2v) is 5.26. The molecule has 0 saturated heterocycles. The summed E-state index contributed by atoms with van der Waals surface area (Å²) < 4.78 is 0. The first-order valence-electron chi connectivity index (χ1n) is 7.36. The summed E-state index contributed by atoms with van der Waals surface area (Å²) >= 11 is 0. The van der Waals surface area contributed by atoms with Crippen LogP contribution < -0.4 is 0 Å². The van der Waals surface area contributed by atoms with E-state index in [-0.39, 0.29) is 0 Å². The van der Waals surface area contributed by atoms with E-state index in [0.717, 1.165) is 18.4 Å². The number of allylic oxidation sites excluding steroid dienone is 1. The fourth-order valence-corrected chi connectivity index (χ4v) is 2.19. The van der Waals surface area contributed by atoms with Crippen LogP contribution in [-0.2, 0) is 6.42 Å². The van der Waals surface area contributed by atoms with Crippen molar-refractivity contribution in [1.29, 1.82) is 0 Å². The molecule has 0 bridgehead atoms. The predicted octanol–water partition coefficient (Wildman–Crippen LogP) is 4.64. The lowest BCUT2D eigenvalue weighted by atomic mass is 10.0. The van der Waals surface area contributed by atoms with E-state index in [0.29, 0.717) is 0 Å². The van der Waals surface area contributed by atoms with Crippen molar-refractivity contribution in [2.45, 2.75) is 25.9 Å². The quantitative estimate of drug-likeness (QED) is 0.763. The van der Waals surface area contributed by atoms with E-state index in [9.17, 15) is 5.11 Å². The Morgan fingerprint density at radius 3 is 2.29 bits per heavy atom. The van der Waals surface area contributed by atoms with Gasteiger partial charge in [-0.3, -0.25) is 0 Å². The van der Waals surface area contributed by atoms with Gasteiger partial charge in [0.05, 0.1) is 6.10 Å². The standard InChI is InChI=1S/C20H22O/c1-17(12-13-18-8-4-2-5-9-18)16-20(21)15-14-19-10-6-3-7-11-19/h2-11,14-16,20-21H,12-13H2,1H3/b15-14+,17-16+/t20-/m1/s1. The molecule has 1 heteroatoms. The molecule has 21 heavy (non-hydrogen) atoms. The SMILES string of the molecule is C/C(=C\[C@H](O)/C=C/c1ccccc1)CCc1ccccc1. The lowest BCUT2D eigenvalue weighted by Crippen LogP contribution is -1.98. The van der Waals surface area contributed by atoms with Crippen LogP contribution in [0.25, 0.3) is 6.08 Å². The van der Waals surface area contributed by atoms with Crippen molar-refractivity contribution in [3.63, 3.8) is 0 Å². The summed E-state index contributed by atoms with van der Waals surface area (Å²) in [6.07, 6.45) is 7.15. The summed E-state index contributed by atoms with van der Waals surface area (Å²) in [6, 6.07) is 20.5. The van der Waals surface area contributed by atoms with Crippen LogP contribution in [0.4, 0.5) is 0 Å². The van der Waals surface area contributed by atoms with Crippen LogP contribution in [0.1, 0.15) is 24.5 Å². The van der Waals surface area contributed by atoms with Crippen molar-refractivity contribution in [1.82, 2.24) is 0 Å². The molecule has 0 spiro atoms. The van der Waals surface area contributed by atoms with Crippen LogP contribution >= 0.6 is 0 Å². The second kappa shape index (κ2) is 8.23. The van der Waals surface area contributed by atoms with Crippen molar-refractivity contribution in [3.8, 4) is 0 Å². The number of hydrogen-bond acceptors (Lipinski definition) is 1. The topological polar surface area (TPSA) is 20.2 Å². The maximum Gasteiger partial charge on any atom is 0.0908 e. The molecule has 1 nitrogen and oxygen atoms in total. The molecule has 1 N–H and O–H groups in total. The second-order valence-electron chi connectivity index (χ2n) is 5.26. The average Bonchev–Trinajstić information content (AvgIpc) is 2.53. The van der Waals surface area contributed by atoms with E-state index in [1.165, 1.54) is 11.1 Å². The smallest absolute Gasteiger partial charge is 0.0908 e. The van der Waals surface area contributed by atoms with E-state index < -0.39 is 6.10 Å². The lowest BCUT2D eigenvalue weighted by molar-refractivity contribution is 0.271. The number of hydrogen-bond donors (Lipinski definition) is 1. The van der Waals surface area contributed by atoms with Gasteiger partial charge in [-0.05, 0) is 30.9 Å². The highest BCUT2D eigenvalue weighted by molar-refractivity contribution is 5.49. The highest BCUT2D eigenvalue weighted by Gasteiger charge is 1.98. The average molecular weight is 278 g/mol. The van der Waals surface area contributed by atoms with Gasteiger partial charge in [0.25, 0.3) is 0 Å². The highest BCUT2D eigenvalue weighted by Crippen LogP contribution is 2.10. The van der Waals surface area contributed by atoms with Crippen LogP contribution in [0, 0.1) is 0 Å². The van der Waals surface area contributed by atoms with Crippen LogP contribution in [0.3, 0.4) is 0 Å². The Kier molecular flexibility index (Phi) is 5.99. The largest absolute Gasteiger partial charge is 0.385 e. The van der Waals surface area contributed by atoms with Crippen LogP contribution in [-0.4, -0.2) is 11.2 Å². The van der Waals surface area contributed by atoms with Gasteiger partial charge in [0.2, 0.25) is 0 Å². The molecular weight excluding hydrogens is 256 g/mol. The zero-order valence-electron chi connectivity index (χ0n) is 12.4. The van der Waals surface area contributed by atoms with E-state index in [4.69, 9.17) is 0 Å². The van der Waals surface area contributed by atoms with Crippen molar-refractivity contribution in [2.75, 3.05) is 0 Å². The predicted molar refractivity (Wildman–Crippen MR) is 90.0 cm³/mol. The molecule has 0 aliphatic carbocycles. The molecule has 1 atom stereocenters. The normalized spacial score (nSPS) is 13.5. The van der Waals surface area contributed by atoms with E-state index in [2.05, 4.69) is 31.2 Å². The summed E-state index contributed by atoms with van der Waals surface area (Å²) in [5.41, 5.74) is 3.65. The molecule has 0 unspecified atom stereocenters. The highest BCUT2D eigenvalue weighted by atomic mass is 16.3. The fourth-order valence-electron chi connectivity index (χ4n) is 2.19. The van der Waals surface area contributed by atoms with E-state index in [1.807, 2.05) is 54.6 Å². The first-order chi connectivity index (χ1) is 10.2. The molecule has 0 amide bonds. The molecule has 0 aromatic heterocycles. The van der Waals surface area contributed by atoms with Crippen molar-refractivity contribution >= 4 is 6.08 Å². The van der Waals surface area contributed by atoms with Gasteiger partial charge in [-0.25, -0.2) is 0 Å². The summed E-state index contributed by atoms with van der Waals surface area (Å²) in [7, 11) is 0. The summed E-state index contributed by atoms with van der Waals surface area (Å²) in [5, 5.41) is 10.0.